The maximum Gasteiger partial charge on any atom is 0.331 e. The second-order valence-corrected chi connectivity index (χ2v) is 4.73. The highest BCUT2D eigenvalue weighted by molar-refractivity contribution is 6.29. The van der Waals surface area contributed by atoms with E-state index in [9.17, 15) is 9.59 Å². The van der Waals surface area contributed by atoms with Crippen molar-refractivity contribution in [3.8, 4) is 0 Å². The molecule has 2 heterocycles. The van der Waals surface area contributed by atoms with Crippen LogP contribution in [0, 0.1) is 5.92 Å². The van der Waals surface area contributed by atoms with Gasteiger partial charge >= 0.3 is 5.69 Å². The van der Waals surface area contributed by atoms with Crippen LogP contribution >= 0.6 is 11.6 Å². The van der Waals surface area contributed by atoms with Crippen LogP contribution in [0.2, 0.25) is 5.15 Å². The fourth-order valence-corrected chi connectivity index (χ4v) is 2.25. The third kappa shape index (κ3) is 2.61. The summed E-state index contributed by atoms with van der Waals surface area (Å²) in [5.74, 6) is 0.288. The zero-order chi connectivity index (χ0) is 12.4. The van der Waals surface area contributed by atoms with Crippen LogP contribution in [0.25, 0.3) is 0 Å². The highest BCUT2D eigenvalue weighted by Crippen LogP contribution is 2.16. The van der Waals surface area contributed by atoms with Crippen LogP contribution in [0.3, 0.4) is 0 Å². The Hall–Kier alpha value is -1.07. The molecule has 0 N–H and O–H groups in total. The Morgan fingerprint density at radius 3 is 2.94 bits per heavy atom. The zero-order valence-corrected chi connectivity index (χ0v) is 10.4. The van der Waals surface area contributed by atoms with Crippen molar-refractivity contribution in [3.63, 3.8) is 0 Å². The van der Waals surface area contributed by atoms with E-state index in [1.54, 1.807) is 0 Å². The van der Waals surface area contributed by atoms with Crippen LogP contribution in [0.15, 0.2) is 15.7 Å². The number of rotatable bonds is 2. The summed E-state index contributed by atoms with van der Waals surface area (Å²) in [6.45, 7) is 1.93. The second kappa shape index (κ2) is 5.06. The minimum absolute atomic E-state index is 0.198. The summed E-state index contributed by atoms with van der Waals surface area (Å²) in [7, 11) is 1.45. The van der Waals surface area contributed by atoms with E-state index >= 15 is 0 Å². The fourth-order valence-electron chi connectivity index (χ4n) is 2.02. The molecule has 0 saturated carbocycles. The molecule has 0 bridgehead atoms. The predicted octanol–water partition coefficient (Wildman–Crippen LogP) is 0.627. The molecular weight excluding hydrogens is 244 g/mol. The standard InChI is InChI=1S/C11H15ClN2O3/c1-13-10(15)5-9(12)14(11(13)16)6-8-3-2-4-17-7-8/h5,8H,2-4,6-7H2,1H3. The SMILES string of the molecule is Cn1c(=O)cc(Cl)n(CC2CCCOC2)c1=O. The molecule has 1 fully saturated rings. The van der Waals surface area contributed by atoms with E-state index in [-0.39, 0.29) is 22.3 Å². The first-order chi connectivity index (χ1) is 8.09. The van der Waals surface area contributed by atoms with Gasteiger partial charge < -0.3 is 4.74 Å². The van der Waals surface area contributed by atoms with Crippen LogP contribution in [0.4, 0.5) is 0 Å². The van der Waals surface area contributed by atoms with Gasteiger partial charge in [-0.15, -0.1) is 0 Å². The molecule has 0 aromatic carbocycles. The number of hydrogen-bond acceptors (Lipinski definition) is 3. The summed E-state index contributed by atoms with van der Waals surface area (Å²) >= 11 is 5.93. The van der Waals surface area contributed by atoms with Gasteiger partial charge in [-0.2, -0.15) is 0 Å². The van der Waals surface area contributed by atoms with Gasteiger partial charge in [0.15, 0.2) is 0 Å². The summed E-state index contributed by atoms with van der Waals surface area (Å²) < 4.78 is 7.86. The van der Waals surface area contributed by atoms with Crippen molar-refractivity contribution in [1.29, 1.82) is 0 Å². The van der Waals surface area contributed by atoms with Gasteiger partial charge in [0.05, 0.1) is 6.61 Å². The molecule has 94 valence electrons. The molecule has 0 spiro atoms. The summed E-state index contributed by atoms with van der Waals surface area (Å²) in [5.41, 5.74) is -0.746. The van der Waals surface area contributed by atoms with Gasteiger partial charge in [-0.1, -0.05) is 11.6 Å². The van der Waals surface area contributed by atoms with Crippen molar-refractivity contribution in [2.24, 2.45) is 13.0 Å². The molecule has 1 aromatic heterocycles. The topological polar surface area (TPSA) is 53.2 Å². The summed E-state index contributed by atoms with van der Waals surface area (Å²) in [4.78, 5) is 23.2. The van der Waals surface area contributed by atoms with Crippen LogP contribution in [-0.2, 0) is 18.3 Å². The van der Waals surface area contributed by atoms with E-state index in [4.69, 9.17) is 16.3 Å². The lowest BCUT2D eigenvalue weighted by Crippen LogP contribution is -2.39. The molecule has 1 unspecified atom stereocenters. The first kappa shape index (κ1) is 12.4. The fraction of sp³-hybridized carbons (Fsp3) is 0.636. The van der Waals surface area contributed by atoms with Gasteiger partial charge in [0.25, 0.3) is 5.56 Å². The van der Waals surface area contributed by atoms with Gasteiger partial charge in [0, 0.05) is 32.2 Å². The van der Waals surface area contributed by atoms with Gasteiger partial charge in [-0.05, 0) is 12.8 Å². The van der Waals surface area contributed by atoms with Crippen molar-refractivity contribution < 1.29 is 4.74 Å². The molecule has 0 aliphatic carbocycles. The summed E-state index contributed by atoms with van der Waals surface area (Å²) in [5, 5.41) is 0.198. The van der Waals surface area contributed by atoms with Crippen molar-refractivity contribution in [2.75, 3.05) is 13.2 Å². The van der Waals surface area contributed by atoms with E-state index in [1.807, 2.05) is 0 Å². The Bertz CT molecular complexity index is 514. The van der Waals surface area contributed by atoms with Crippen molar-refractivity contribution in [1.82, 2.24) is 9.13 Å². The minimum Gasteiger partial charge on any atom is -0.381 e. The molecule has 0 amide bonds. The molecule has 1 aliphatic rings. The van der Waals surface area contributed by atoms with E-state index < -0.39 is 0 Å². The summed E-state index contributed by atoms with van der Waals surface area (Å²) in [6, 6.07) is 1.27. The molecule has 1 atom stereocenters. The highest BCUT2D eigenvalue weighted by Gasteiger charge is 2.17. The lowest BCUT2D eigenvalue weighted by molar-refractivity contribution is 0.0477. The predicted molar refractivity (Wildman–Crippen MR) is 64.5 cm³/mol. The zero-order valence-electron chi connectivity index (χ0n) is 9.69. The average molecular weight is 259 g/mol. The molecular formula is C11H15ClN2O3. The molecule has 17 heavy (non-hydrogen) atoms. The molecule has 6 heteroatoms. The Morgan fingerprint density at radius 2 is 2.29 bits per heavy atom. The smallest absolute Gasteiger partial charge is 0.331 e. The number of halogens is 1. The highest BCUT2D eigenvalue weighted by atomic mass is 35.5. The Labute approximate surface area is 104 Å². The Kier molecular flexibility index (Phi) is 3.69. The third-order valence-electron chi connectivity index (χ3n) is 3.04. The number of hydrogen-bond donors (Lipinski definition) is 0. The van der Waals surface area contributed by atoms with Crippen LogP contribution in [0.1, 0.15) is 12.8 Å². The van der Waals surface area contributed by atoms with Gasteiger partial charge in [0.1, 0.15) is 5.15 Å². The molecule has 2 rings (SSSR count). The second-order valence-electron chi connectivity index (χ2n) is 4.34. The Balaban J connectivity index is 2.29. The van der Waals surface area contributed by atoms with E-state index in [0.717, 1.165) is 24.0 Å². The summed E-state index contributed by atoms with van der Waals surface area (Å²) in [6.07, 6.45) is 2.02. The first-order valence-corrected chi connectivity index (χ1v) is 6.01. The normalized spacial score (nSPS) is 20.5. The van der Waals surface area contributed by atoms with E-state index in [2.05, 4.69) is 0 Å². The molecule has 0 radical (unpaired) electrons. The van der Waals surface area contributed by atoms with E-state index in [1.165, 1.54) is 17.7 Å². The monoisotopic (exact) mass is 258 g/mol. The van der Waals surface area contributed by atoms with Gasteiger partial charge in [0.2, 0.25) is 0 Å². The van der Waals surface area contributed by atoms with Crippen LogP contribution in [-0.4, -0.2) is 22.3 Å². The first-order valence-electron chi connectivity index (χ1n) is 5.63. The van der Waals surface area contributed by atoms with Crippen molar-refractivity contribution >= 4 is 11.6 Å². The number of ether oxygens (including phenoxy) is 1. The maximum absolute atomic E-state index is 11.9. The van der Waals surface area contributed by atoms with Crippen LogP contribution < -0.4 is 11.2 Å². The maximum atomic E-state index is 11.9. The van der Waals surface area contributed by atoms with Crippen LogP contribution in [0.5, 0.6) is 0 Å². The molecule has 1 aliphatic heterocycles. The average Bonchev–Trinajstić information content (AvgIpc) is 2.33. The number of nitrogens with zero attached hydrogens (tertiary/aromatic N) is 2. The molecule has 5 nitrogen and oxygen atoms in total. The third-order valence-corrected chi connectivity index (χ3v) is 3.36. The lowest BCUT2D eigenvalue weighted by Gasteiger charge is -2.23. The lowest BCUT2D eigenvalue weighted by atomic mass is 10.0. The molecule has 1 aromatic rings. The van der Waals surface area contributed by atoms with E-state index in [0.29, 0.717) is 13.2 Å². The van der Waals surface area contributed by atoms with Crippen molar-refractivity contribution in [3.05, 3.63) is 32.1 Å². The largest absolute Gasteiger partial charge is 0.381 e. The minimum atomic E-state index is -0.379. The quantitative estimate of drug-likeness (QED) is 0.731. The number of aromatic nitrogens is 2. The Morgan fingerprint density at radius 1 is 1.53 bits per heavy atom. The van der Waals surface area contributed by atoms with Gasteiger partial charge in [-0.3, -0.25) is 13.9 Å². The van der Waals surface area contributed by atoms with Gasteiger partial charge in [-0.25, -0.2) is 4.79 Å². The molecule has 1 saturated heterocycles. The van der Waals surface area contributed by atoms with Crippen molar-refractivity contribution in [2.45, 2.75) is 19.4 Å².